The van der Waals surface area contributed by atoms with Gasteiger partial charge in [-0.25, -0.2) is 4.98 Å². The van der Waals surface area contributed by atoms with Gasteiger partial charge in [-0.15, -0.1) is 24.5 Å². The van der Waals surface area contributed by atoms with E-state index in [1.54, 1.807) is 11.5 Å². The molecule has 6 nitrogen and oxygen atoms in total. The average Bonchev–Trinajstić information content (AvgIpc) is 2.96. The number of rotatable bonds is 6. The zero-order chi connectivity index (χ0) is 22.9. The molecule has 0 spiro atoms. The second-order valence-corrected chi connectivity index (χ2v) is 9.24. The van der Waals surface area contributed by atoms with Crippen molar-refractivity contribution in [1.82, 2.24) is 9.55 Å². The van der Waals surface area contributed by atoms with Gasteiger partial charge in [-0.3, -0.25) is 14.2 Å². The highest BCUT2D eigenvalue weighted by atomic mass is 32.2. The molecule has 0 radical (unpaired) electrons. The molecule has 0 aliphatic rings. The van der Waals surface area contributed by atoms with E-state index in [0.717, 1.165) is 34.3 Å². The van der Waals surface area contributed by atoms with Gasteiger partial charge in [0.15, 0.2) is 5.16 Å². The quantitative estimate of drug-likeness (QED) is 0.399. The molecule has 0 saturated heterocycles. The van der Waals surface area contributed by atoms with Crippen molar-refractivity contribution in [2.45, 2.75) is 51.0 Å². The maximum Gasteiger partial charge on any atom is 0.573 e. The Morgan fingerprint density at radius 2 is 1.94 bits per heavy atom. The minimum atomic E-state index is -4.78. The summed E-state index contributed by atoms with van der Waals surface area (Å²) in [5, 5.41) is 3.09. The maximum absolute atomic E-state index is 12.9. The molecule has 31 heavy (non-hydrogen) atoms. The molecule has 0 saturated carbocycles. The van der Waals surface area contributed by atoms with Crippen molar-refractivity contribution < 1.29 is 22.7 Å². The van der Waals surface area contributed by atoms with E-state index in [4.69, 9.17) is 0 Å². The molecule has 1 amide bonds. The summed E-state index contributed by atoms with van der Waals surface area (Å²) in [6, 6.07) is 4.87. The Hall–Kier alpha value is -2.53. The van der Waals surface area contributed by atoms with Crippen LogP contribution in [0.2, 0.25) is 0 Å². The van der Waals surface area contributed by atoms with Crippen molar-refractivity contribution >= 4 is 44.9 Å². The number of carbonyl (C=O) groups excluding carboxylic acids is 1. The molecule has 0 aliphatic carbocycles. The number of hydrogen-bond acceptors (Lipinski definition) is 6. The van der Waals surface area contributed by atoms with E-state index in [1.807, 2.05) is 20.8 Å². The van der Waals surface area contributed by atoms with Crippen LogP contribution in [0.3, 0.4) is 0 Å². The predicted octanol–water partition coefficient (Wildman–Crippen LogP) is 5.11. The standard InChI is InChI=1S/C20H20F3N3O3S2/c1-5-26-18(28)15-10(2)11(3)30-17(15)25-19(26)31-12(4)16(27)24-13-6-8-14(9-7-13)29-20(21,22)23/h6-9,12H,5H2,1-4H3,(H,24,27). The number of nitrogens with one attached hydrogen (secondary N) is 1. The number of carbonyl (C=O) groups is 1. The number of ether oxygens (including phenoxy) is 1. The molecule has 1 N–H and O–H groups in total. The van der Waals surface area contributed by atoms with E-state index >= 15 is 0 Å². The zero-order valence-electron chi connectivity index (χ0n) is 17.2. The van der Waals surface area contributed by atoms with Crippen molar-refractivity contribution in [3.05, 3.63) is 45.1 Å². The molecule has 11 heteroatoms. The number of aromatic nitrogens is 2. The minimum absolute atomic E-state index is 0.135. The lowest BCUT2D eigenvalue weighted by Gasteiger charge is -2.15. The molecule has 3 rings (SSSR count). The van der Waals surface area contributed by atoms with Crippen LogP contribution < -0.4 is 15.6 Å². The highest BCUT2D eigenvalue weighted by Gasteiger charge is 2.31. The molecular formula is C20H20F3N3O3S2. The molecule has 1 aromatic carbocycles. The van der Waals surface area contributed by atoms with Crippen molar-refractivity contribution in [3.8, 4) is 5.75 Å². The fraction of sp³-hybridized carbons (Fsp3) is 0.350. The van der Waals surface area contributed by atoms with Crippen molar-refractivity contribution in [2.75, 3.05) is 5.32 Å². The van der Waals surface area contributed by atoms with Crippen molar-refractivity contribution in [3.63, 3.8) is 0 Å². The first-order valence-corrected chi connectivity index (χ1v) is 11.0. The van der Waals surface area contributed by atoms with Gasteiger partial charge in [0.1, 0.15) is 10.6 Å². The van der Waals surface area contributed by atoms with Gasteiger partial charge in [-0.05, 0) is 57.5 Å². The average molecular weight is 472 g/mol. The van der Waals surface area contributed by atoms with E-state index in [-0.39, 0.29) is 17.2 Å². The zero-order valence-corrected chi connectivity index (χ0v) is 18.8. The lowest BCUT2D eigenvalue weighted by Crippen LogP contribution is -2.26. The molecule has 3 aromatic rings. The lowest BCUT2D eigenvalue weighted by molar-refractivity contribution is -0.274. The van der Waals surface area contributed by atoms with Crippen LogP contribution >= 0.6 is 23.1 Å². The smallest absolute Gasteiger partial charge is 0.406 e. The number of amides is 1. The monoisotopic (exact) mass is 471 g/mol. The summed E-state index contributed by atoms with van der Waals surface area (Å²) < 4.78 is 42.1. The number of aryl methyl sites for hydroxylation is 2. The minimum Gasteiger partial charge on any atom is -0.406 e. The molecule has 166 valence electrons. The number of thioether (sulfide) groups is 1. The summed E-state index contributed by atoms with van der Waals surface area (Å²) in [6.07, 6.45) is -4.78. The van der Waals surface area contributed by atoms with Crippen molar-refractivity contribution in [1.29, 1.82) is 0 Å². The lowest BCUT2D eigenvalue weighted by atomic mass is 10.2. The summed E-state index contributed by atoms with van der Waals surface area (Å²) in [4.78, 5) is 31.8. The topological polar surface area (TPSA) is 73.2 Å². The Morgan fingerprint density at radius 3 is 2.52 bits per heavy atom. The van der Waals surface area contributed by atoms with Gasteiger partial charge in [0.25, 0.3) is 5.56 Å². The molecule has 0 bridgehead atoms. The third-order valence-corrected chi connectivity index (χ3v) is 6.77. The highest BCUT2D eigenvalue weighted by molar-refractivity contribution is 8.00. The van der Waals surface area contributed by atoms with Gasteiger partial charge in [-0.2, -0.15) is 0 Å². The molecule has 0 aliphatic heterocycles. The molecule has 0 fully saturated rings. The fourth-order valence-corrected chi connectivity index (χ4v) is 4.92. The first-order valence-electron chi connectivity index (χ1n) is 9.34. The van der Waals surface area contributed by atoms with Gasteiger partial charge in [0, 0.05) is 17.1 Å². The Morgan fingerprint density at radius 1 is 1.29 bits per heavy atom. The number of fused-ring (bicyclic) bond motifs is 1. The summed E-state index contributed by atoms with van der Waals surface area (Å²) in [6.45, 7) is 7.75. The SMILES string of the molecule is CCn1c(SC(C)C(=O)Nc2ccc(OC(F)(F)F)cc2)nc2sc(C)c(C)c2c1=O. The Balaban J connectivity index is 1.76. The van der Waals surface area contributed by atoms with E-state index in [0.29, 0.717) is 27.6 Å². The number of benzene rings is 1. The van der Waals surface area contributed by atoms with Crippen LogP contribution in [-0.4, -0.2) is 27.1 Å². The third kappa shape index (κ3) is 5.21. The van der Waals surface area contributed by atoms with E-state index in [1.165, 1.54) is 23.5 Å². The number of anilines is 1. The van der Waals surface area contributed by atoms with Crippen LogP contribution in [0, 0.1) is 13.8 Å². The molecule has 1 atom stereocenters. The largest absolute Gasteiger partial charge is 0.573 e. The van der Waals surface area contributed by atoms with Gasteiger partial charge in [0.2, 0.25) is 5.91 Å². The first-order chi connectivity index (χ1) is 14.5. The van der Waals surface area contributed by atoms with Gasteiger partial charge < -0.3 is 10.1 Å². The summed E-state index contributed by atoms with van der Waals surface area (Å²) in [7, 11) is 0. The second kappa shape index (κ2) is 8.91. The van der Waals surface area contributed by atoms with Crippen LogP contribution in [0.4, 0.5) is 18.9 Å². The van der Waals surface area contributed by atoms with Gasteiger partial charge >= 0.3 is 6.36 Å². The summed E-state index contributed by atoms with van der Waals surface area (Å²) >= 11 is 2.59. The summed E-state index contributed by atoms with van der Waals surface area (Å²) in [5.74, 6) is -0.746. The number of nitrogens with zero attached hydrogens (tertiary/aromatic N) is 2. The van der Waals surface area contributed by atoms with Gasteiger partial charge in [0.05, 0.1) is 10.6 Å². The first kappa shape index (κ1) is 23.1. The van der Waals surface area contributed by atoms with E-state index < -0.39 is 11.6 Å². The predicted molar refractivity (Wildman–Crippen MR) is 116 cm³/mol. The number of alkyl halides is 3. The highest BCUT2D eigenvalue weighted by Crippen LogP contribution is 2.30. The maximum atomic E-state index is 12.9. The van der Waals surface area contributed by atoms with E-state index in [9.17, 15) is 22.8 Å². The van der Waals surface area contributed by atoms with Crippen LogP contribution in [0.25, 0.3) is 10.2 Å². The Kier molecular flexibility index (Phi) is 6.65. The van der Waals surface area contributed by atoms with Crippen molar-refractivity contribution in [2.24, 2.45) is 0 Å². The summed E-state index contributed by atoms with van der Waals surface area (Å²) in [5.41, 5.74) is 1.11. The third-order valence-electron chi connectivity index (χ3n) is 4.58. The van der Waals surface area contributed by atoms with Crippen LogP contribution in [0.15, 0.2) is 34.2 Å². The molecule has 2 aromatic heterocycles. The number of halogens is 3. The van der Waals surface area contributed by atoms with Crippen LogP contribution in [-0.2, 0) is 11.3 Å². The Labute approximate surface area is 184 Å². The van der Waals surface area contributed by atoms with E-state index in [2.05, 4.69) is 15.0 Å². The molecule has 2 heterocycles. The Bertz CT molecular complexity index is 1170. The number of thiophene rings is 1. The number of hydrogen-bond donors (Lipinski definition) is 1. The second-order valence-electron chi connectivity index (χ2n) is 6.73. The van der Waals surface area contributed by atoms with Crippen LogP contribution in [0.1, 0.15) is 24.3 Å². The molecular weight excluding hydrogens is 451 g/mol. The normalized spacial score (nSPS) is 12.7. The molecule has 1 unspecified atom stereocenters. The van der Waals surface area contributed by atoms with Crippen LogP contribution in [0.5, 0.6) is 5.75 Å². The van der Waals surface area contributed by atoms with Gasteiger partial charge in [-0.1, -0.05) is 11.8 Å². The fourth-order valence-electron chi connectivity index (χ4n) is 2.87.